The van der Waals surface area contributed by atoms with Gasteiger partial charge in [0.25, 0.3) is 5.91 Å². The number of amides is 1. The van der Waals surface area contributed by atoms with Crippen molar-refractivity contribution in [1.29, 1.82) is 0 Å². The van der Waals surface area contributed by atoms with Crippen LogP contribution in [0.25, 0.3) is 0 Å². The molecule has 2 rings (SSSR count). The number of anilines is 2. The van der Waals surface area contributed by atoms with Gasteiger partial charge in [-0.1, -0.05) is 40.9 Å². The number of aryl methyl sites for hydroxylation is 1. The van der Waals surface area contributed by atoms with Crippen LogP contribution in [0, 0.1) is 6.92 Å². The average Bonchev–Trinajstić information content (AvgIpc) is 2.43. The lowest BCUT2D eigenvalue weighted by Gasteiger charge is -2.12. The van der Waals surface area contributed by atoms with Gasteiger partial charge >= 0.3 is 0 Å². The fourth-order valence-electron chi connectivity index (χ4n) is 1.85. The Labute approximate surface area is 127 Å². The SMILES string of the molecule is CNc1ccc(C)cc1C(=O)Nc1cccc(Cl)c1Cl. The van der Waals surface area contributed by atoms with Crippen molar-refractivity contribution in [2.75, 3.05) is 17.7 Å². The Morgan fingerprint density at radius 3 is 2.55 bits per heavy atom. The Morgan fingerprint density at radius 1 is 1.10 bits per heavy atom. The first-order chi connectivity index (χ1) is 9.52. The number of nitrogens with one attached hydrogen (secondary N) is 2. The smallest absolute Gasteiger partial charge is 0.257 e. The van der Waals surface area contributed by atoms with Crippen LogP contribution in [0.15, 0.2) is 36.4 Å². The average molecular weight is 309 g/mol. The Bertz CT molecular complexity index is 656. The summed E-state index contributed by atoms with van der Waals surface area (Å²) in [6, 6.07) is 10.7. The molecule has 0 bridgehead atoms. The monoisotopic (exact) mass is 308 g/mol. The van der Waals surface area contributed by atoms with Crippen LogP contribution in [0.2, 0.25) is 10.0 Å². The molecule has 0 spiro atoms. The highest BCUT2D eigenvalue weighted by atomic mass is 35.5. The second-order valence-electron chi connectivity index (χ2n) is 4.35. The molecule has 0 radical (unpaired) electrons. The molecule has 2 N–H and O–H groups in total. The van der Waals surface area contributed by atoms with Gasteiger partial charge in [0.15, 0.2) is 0 Å². The molecule has 2 aromatic carbocycles. The van der Waals surface area contributed by atoms with Gasteiger partial charge in [-0.25, -0.2) is 0 Å². The van der Waals surface area contributed by atoms with E-state index in [1.54, 1.807) is 25.2 Å². The molecule has 2 aromatic rings. The molecule has 0 unspecified atom stereocenters. The van der Waals surface area contributed by atoms with Crippen LogP contribution in [0.3, 0.4) is 0 Å². The van der Waals surface area contributed by atoms with E-state index in [4.69, 9.17) is 23.2 Å². The predicted molar refractivity (Wildman–Crippen MR) is 85.1 cm³/mol. The van der Waals surface area contributed by atoms with E-state index in [2.05, 4.69) is 10.6 Å². The number of halogens is 2. The summed E-state index contributed by atoms with van der Waals surface area (Å²) in [5, 5.41) is 6.51. The van der Waals surface area contributed by atoms with Crippen molar-refractivity contribution in [3.8, 4) is 0 Å². The van der Waals surface area contributed by atoms with Crippen LogP contribution < -0.4 is 10.6 Å². The van der Waals surface area contributed by atoms with Crippen molar-refractivity contribution in [3.05, 3.63) is 57.6 Å². The molecule has 5 heteroatoms. The predicted octanol–water partition coefficient (Wildman–Crippen LogP) is 4.60. The van der Waals surface area contributed by atoms with Gasteiger partial charge in [-0.2, -0.15) is 0 Å². The number of benzene rings is 2. The number of hydrogen-bond acceptors (Lipinski definition) is 2. The van der Waals surface area contributed by atoms with Gasteiger partial charge in [0.2, 0.25) is 0 Å². The highest BCUT2D eigenvalue weighted by molar-refractivity contribution is 6.44. The number of rotatable bonds is 3. The van der Waals surface area contributed by atoms with Crippen molar-refractivity contribution in [2.24, 2.45) is 0 Å². The minimum absolute atomic E-state index is 0.234. The molecular formula is C15H14Cl2N2O. The quantitative estimate of drug-likeness (QED) is 0.870. The van der Waals surface area contributed by atoms with Gasteiger partial charge in [0.1, 0.15) is 0 Å². The molecule has 0 saturated carbocycles. The summed E-state index contributed by atoms with van der Waals surface area (Å²) in [5.74, 6) is -0.234. The molecule has 1 amide bonds. The van der Waals surface area contributed by atoms with Gasteiger partial charge in [0, 0.05) is 12.7 Å². The number of carbonyl (C=O) groups excluding carboxylic acids is 1. The molecule has 0 fully saturated rings. The summed E-state index contributed by atoms with van der Waals surface area (Å²) >= 11 is 12.0. The third kappa shape index (κ3) is 3.06. The summed E-state index contributed by atoms with van der Waals surface area (Å²) < 4.78 is 0. The minimum atomic E-state index is -0.234. The fourth-order valence-corrected chi connectivity index (χ4v) is 2.20. The van der Waals surface area contributed by atoms with Crippen LogP contribution in [-0.2, 0) is 0 Å². The second kappa shape index (κ2) is 6.16. The summed E-state index contributed by atoms with van der Waals surface area (Å²) in [6.07, 6.45) is 0. The summed E-state index contributed by atoms with van der Waals surface area (Å²) in [7, 11) is 1.77. The molecule has 0 aliphatic heterocycles. The van der Waals surface area contributed by atoms with Gasteiger partial charge < -0.3 is 10.6 Å². The van der Waals surface area contributed by atoms with Gasteiger partial charge in [-0.3, -0.25) is 4.79 Å². The van der Waals surface area contributed by atoms with E-state index >= 15 is 0 Å². The first-order valence-corrected chi connectivity index (χ1v) is 6.82. The maximum absolute atomic E-state index is 12.4. The van der Waals surface area contributed by atoms with Gasteiger partial charge in [-0.15, -0.1) is 0 Å². The molecular weight excluding hydrogens is 295 g/mol. The largest absolute Gasteiger partial charge is 0.387 e. The van der Waals surface area contributed by atoms with Gasteiger partial charge in [0.05, 0.1) is 21.3 Å². The highest BCUT2D eigenvalue weighted by Crippen LogP contribution is 2.30. The summed E-state index contributed by atoms with van der Waals surface area (Å²) in [5.41, 5.74) is 2.81. The number of hydrogen-bond donors (Lipinski definition) is 2. The van der Waals surface area contributed by atoms with E-state index in [-0.39, 0.29) is 5.91 Å². The molecule has 0 atom stereocenters. The first-order valence-electron chi connectivity index (χ1n) is 6.06. The Balaban J connectivity index is 2.33. The van der Waals surface area contributed by atoms with Crippen molar-refractivity contribution < 1.29 is 4.79 Å². The van der Waals surface area contributed by atoms with E-state index in [0.29, 0.717) is 21.3 Å². The lowest BCUT2D eigenvalue weighted by atomic mass is 10.1. The Hall–Kier alpha value is -1.71. The molecule has 104 valence electrons. The van der Waals surface area contributed by atoms with Crippen molar-refractivity contribution in [1.82, 2.24) is 0 Å². The van der Waals surface area contributed by atoms with Crippen LogP contribution in [0.1, 0.15) is 15.9 Å². The zero-order chi connectivity index (χ0) is 14.7. The third-order valence-electron chi connectivity index (χ3n) is 2.89. The molecule has 0 aliphatic rings. The van der Waals surface area contributed by atoms with Crippen molar-refractivity contribution in [3.63, 3.8) is 0 Å². The van der Waals surface area contributed by atoms with Crippen LogP contribution in [-0.4, -0.2) is 13.0 Å². The first kappa shape index (κ1) is 14.7. The highest BCUT2D eigenvalue weighted by Gasteiger charge is 2.13. The van der Waals surface area contributed by atoms with Crippen LogP contribution in [0.5, 0.6) is 0 Å². The summed E-state index contributed by atoms with van der Waals surface area (Å²) in [4.78, 5) is 12.4. The van der Waals surface area contributed by atoms with E-state index < -0.39 is 0 Å². The van der Waals surface area contributed by atoms with E-state index in [1.807, 2.05) is 25.1 Å². The number of carbonyl (C=O) groups is 1. The molecule has 3 nitrogen and oxygen atoms in total. The van der Waals surface area contributed by atoms with E-state index in [9.17, 15) is 4.79 Å². The van der Waals surface area contributed by atoms with Gasteiger partial charge in [-0.05, 0) is 31.2 Å². The summed E-state index contributed by atoms with van der Waals surface area (Å²) in [6.45, 7) is 1.93. The molecule has 0 aromatic heterocycles. The lowest BCUT2D eigenvalue weighted by Crippen LogP contribution is -2.14. The maximum Gasteiger partial charge on any atom is 0.257 e. The molecule has 0 aliphatic carbocycles. The van der Waals surface area contributed by atoms with Crippen molar-refractivity contribution >= 4 is 40.5 Å². The van der Waals surface area contributed by atoms with Crippen LogP contribution >= 0.6 is 23.2 Å². The second-order valence-corrected chi connectivity index (χ2v) is 5.14. The topological polar surface area (TPSA) is 41.1 Å². The van der Waals surface area contributed by atoms with E-state index in [1.165, 1.54) is 0 Å². The standard InChI is InChI=1S/C15H14Cl2N2O/c1-9-6-7-12(18-2)10(8-9)15(20)19-13-5-3-4-11(16)14(13)17/h3-8,18H,1-2H3,(H,19,20). The Kier molecular flexibility index (Phi) is 4.53. The normalized spacial score (nSPS) is 10.2. The minimum Gasteiger partial charge on any atom is -0.387 e. The third-order valence-corrected chi connectivity index (χ3v) is 3.71. The molecule has 0 saturated heterocycles. The van der Waals surface area contributed by atoms with E-state index in [0.717, 1.165) is 11.3 Å². The maximum atomic E-state index is 12.4. The van der Waals surface area contributed by atoms with Crippen LogP contribution in [0.4, 0.5) is 11.4 Å². The zero-order valence-corrected chi connectivity index (χ0v) is 12.6. The fraction of sp³-hybridized carbons (Fsp3) is 0.133. The lowest BCUT2D eigenvalue weighted by molar-refractivity contribution is 0.102. The molecule has 0 heterocycles. The van der Waals surface area contributed by atoms with Crippen molar-refractivity contribution in [2.45, 2.75) is 6.92 Å². The Morgan fingerprint density at radius 2 is 1.85 bits per heavy atom. The molecule has 20 heavy (non-hydrogen) atoms. The zero-order valence-electron chi connectivity index (χ0n) is 11.1.